The van der Waals surface area contributed by atoms with Crippen LogP contribution in [-0.4, -0.2) is 66.2 Å². The maximum Gasteiger partial charge on any atom is 0.254 e. The van der Waals surface area contributed by atoms with Crippen LogP contribution in [0.15, 0.2) is 67.0 Å². The molecule has 0 aliphatic carbocycles. The normalized spacial score (nSPS) is 21.5. The topological polar surface area (TPSA) is 65.8 Å². The van der Waals surface area contributed by atoms with Gasteiger partial charge in [0, 0.05) is 31.0 Å². The van der Waals surface area contributed by atoms with Gasteiger partial charge in [-0.1, -0.05) is 24.3 Å². The van der Waals surface area contributed by atoms with Crippen molar-refractivity contribution in [3.8, 4) is 16.9 Å². The van der Waals surface area contributed by atoms with Crippen molar-refractivity contribution >= 4 is 5.91 Å². The average Bonchev–Trinajstić information content (AvgIpc) is 3.46. The number of benzene rings is 2. The molecule has 2 aliphatic heterocycles. The maximum atomic E-state index is 13.2. The molecule has 31 heavy (non-hydrogen) atoms. The number of ether oxygens (including phenoxy) is 3. The van der Waals surface area contributed by atoms with E-state index in [2.05, 4.69) is 5.10 Å². The molecule has 2 aliphatic rings. The van der Waals surface area contributed by atoms with E-state index in [9.17, 15) is 4.79 Å². The summed E-state index contributed by atoms with van der Waals surface area (Å²) in [6.45, 7) is 2.11. The lowest BCUT2D eigenvalue weighted by molar-refractivity contribution is -0.00461. The smallest absolute Gasteiger partial charge is 0.254 e. The van der Waals surface area contributed by atoms with E-state index >= 15 is 0 Å². The Bertz CT molecular complexity index is 1020. The Kier molecular flexibility index (Phi) is 5.44. The molecule has 0 bridgehead atoms. The number of fused-ring (bicyclic) bond motifs is 1. The second kappa shape index (κ2) is 8.53. The minimum Gasteiger partial charge on any atom is -0.497 e. The van der Waals surface area contributed by atoms with Gasteiger partial charge in [-0.3, -0.25) is 9.48 Å². The van der Waals surface area contributed by atoms with E-state index in [4.69, 9.17) is 14.2 Å². The summed E-state index contributed by atoms with van der Waals surface area (Å²) in [6.07, 6.45) is 3.44. The molecule has 2 aromatic carbocycles. The zero-order valence-corrected chi connectivity index (χ0v) is 17.4. The van der Waals surface area contributed by atoms with Crippen LogP contribution < -0.4 is 4.74 Å². The van der Waals surface area contributed by atoms with Crippen LogP contribution in [0.5, 0.6) is 5.75 Å². The van der Waals surface area contributed by atoms with Gasteiger partial charge in [-0.2, -0.15) is 5.10 Å². The van der Waals surface area contributed by atoms with Crippen LogP contribution in [0.4, 0.5) is 0 Å². The molecule has 7 nitrogen and oxygen atoms in total. The zero-order chi connectivity index (χ0) is 21.2. The van der Waals surface area contributed by atoms with Crippen LogP contribution in [-0.2, 0) is 9.47 Å². The largest absolute Gasteiger partial charge is 0.497 e. The van der Waals surface area contributed by atoms with E-state index in [0.29, 0.717) is 31.9 Å². The number of rotatable bonds is 4. The van der Waals surface area contributed by atoms with Crippen molar-refractivity contribution in [3.05, 3.63) is 72.6 Å². The number of carbonyl (C=O) groups is 1. The number of nitrogens with zero attached hydrogens (tertiary/aromatic N) is 3. The van der Waals surface area contributed by atoms with E-state index in [0.717, 1.165) is 16.9 Å². The summed E-state index contributed by atoms with van der Waals surface area (Å²) in [5.41, 5.74) is 2.70. The molecule has 2 fully saturated rings. The molecule has 5 rings (SSSR count). The highest BCUT2D eigenvalue weighted by Crippen LogP contribution is 2.27. The third kappa shape index (κ3) is 4.06. The molecule has 2 saturated heterocycles. The Morgan fingerprint density at radius 3 is 2.39 bits per heavy atom. The maximum absolute atomic E-state index is 13.2. The Morgan fingerprint density at radius 2 is 1.74 bits per heavy atom. The van der Waals surface area contributed by atoms with Gasteiger partial charge >= 0.3 is 0 Å². The number of hydrogen-bond donors (Lipinski definition) is 0. The van der Waals surface area contributed by atoms with Crippen LogP contribution in [0.2, 0.25) is 0 Å². The molecule has 160 valence electrons. The first kappa shape index (κ1) is 19.8. The third-order valence-corrected chi connectivity index (χ3v) is 5.94. The number of carbonyl (C=O) groups excluding carboxylic acids is 1. The minimum atomic E-state index is -0.116. The van der Waals surface area contributed by atoms with E-state index in [1.807, 2.05) is 70.4 Å². The van der Waals surface area contributed by atoms with Gasteiger partial charge in [0.15, 0.2) is 0 Å². The average molecular weight is 419 g/mol. The quantitative estimate of drug-likeness (QED) is 0.650. The number of methoxy groups -OCH3 is 1. The summed E-state index contributed by atoms with van der Waals surface area (Å²) in [4.78, 5) is 15.0. The third-order valence-electron chi connectivity index (χ3n) is 5.94. The molecule has 1 amide bonds. The fourth-order valence-electron chi connectivity index (χ4n) is 4.19. The van der Waals surface area contributed by atoms with Gasteiger partial charge in [0.1, 0.15) is 18.0 Å². The number of aromatic nitrogens is 2. The van der Waals surface area contributed by atoms with E-state index < -0.39 is 0 Å². The van der Waals surface area contributed by atoms with Crippen molar-refractivity contribution in [1.82, 2.24) is 14.7 Å². The van der Waals surface area contributed by atoms with Gasteiger partial charge in [0.25, 0.3) is 5.91 Å². The molecule has 1 aromatic heterocycles. The van der Waals surface area contributed by atoms with Gasteiger partial charge in [-0.15, -0.1) is 0 Å². The van der Waals surface area contributed by atoms with Crippen LogP contribution in [0, 0.1) is 0 Å². The zero-order valence-electron chi connectivity index (χ0n) is 17.4. The summed E-state index contributed by atoms with van der Waals surface area (Å²) >= 11 is 0. The first-order valence-corrected chi connectivity index (χ1v) is 10.5. The molecule has 0 unspecified atom stereocenters. The van der Waals surface area contributed by atoms with Gasteiger partial charge in [-0.05, 0) is 41.5 Å². The molecule has 0 N–H and O–H groups in total. The molecule has 0 saturated carbocycles. The van der Waals surface area contributed by atoms with Gasteiger partial charge < -0.3 is 19.1 Å². The monoisotopic (exact) mass is 419 g/mol. The van der Waals surface area contributed by atoms with E-state index in [-0.39, 0.29) is 24.2 Å². The Morgan fingerprint density at radius 1 is 1.00 bits per heavy atom. The molecule has 2 atom stereocenters. The second-order valence-corrected chi connectivity index (χ2v) is 7.90. The van der Waals surface area contributed by atoms with Crippen molar-refractivity contribution in [3.63, 3.8) is 0 Å². The van der Waals surface area contributed by atoms with Crippen molar-refractivity contribution in [2.24, 2.45) is 0 Å². The highest BCUT2D eigenvalue weighted by Gasteiger charge is 2.39. The molecule has 0 radical (unpaired) electrons. The fourth-order valence-corrected chi connectivity index (χ4v) is 4.19. The summed E-state index contributed by atoms with van der Waals surface area (Å²) in [5.74, 6) is 0.806. The van der Waals surface area contributed by atoms with Crippen LogP contribution in [0.25, 0.3) is 11.1 Å². The summed E-state index contributed by atoms with van der Waals surface area (Å²) in [7, 11) is 1.65. The lowest BCUT2D eigenvalue weighted by atomic mass is 10.0. The second-order valence-electron chi connectivity index (χ2n) is 7.90. The Balaban J connectivity index is 1.26. The summed E-state index contributed by atoms with van der Waals surface area (Å²) < 4.78 is 19.3. The lowest BCUT2D eigenvalue weighted by Gasteiger charge is -2.19. The molecule has 0 spiro atoms. The summed E-state index contributed by atoms with van der Waals surface area (Å²) in [6, 6.07) is 17.5. The lowest BCUT2D eigenvalue weighted by Crippen LogP contribution is -2.31. The van der Waals surface area contributed by atoms with Crippen molar-refractivity contribution in [2.45, 2.75) is 18.2 Å². The highest BCUT2D eigenvalue weighted by molar-refractivity contribution is 5.95. The SMILES string of the molecule is COc1ccc(-c2cccc(C(=O)N3C[C@@H]4OCC(n5cccn5)CO[C@H]4C3)c2)cc1. The molecular weight excluding hydrogens is 394 g/mol. The van der Waals surface area contributed by atoms with Crippen molar-refractivity contribution in [1.29, 1.82) is 0 Å². The number of likely N-dealkylation sites (tertiary alicyclic amines) is 1. The standard InChI is InChI=1S/C24H25N3O4/c1-29-21-8-6-17(7-9-21)18-4-2-5-19(12-18)24(28)26-13-22-23(14-26)31-16-20(15-30-22)27-11-3-10-25-27/h2-12,20,22-23H,13-16H2,1H3/t22-,23-/m0/s1. The molecule has 7 heteroatoms. The Hall–Kier alpha value is -3.16. The Labute approximate surface area is 181 Å². The van der Waals surface area contributed by atoms with E-state index in [1.165, 1.54) is 0 Å². The van der Waals surface area contributed by atoms with Crippen LogP contribution >= 0.6 is 0 Å². The van der Waals surface area contributed by atoms with Gasteiger partial charge in [-0.25, -0.2) is 0 Å². The summed E-state index contributed by atoms with van der Waals surface area (Å²) in [5, 5.41) is 4.29. The predicted octanol–water partition coefficient (Wildman–Crippen LogP) is 3.04. The first-order chi connectivity index (χ1) is 15.2. The van der Waals surface area contributed by atoms with Crippen LogP contribution in [0.1, 0.15) is 16.4 Å². The van der Waals surface area contributed by atoms with Crippen LogP contribution in [0.3, 0.4) is 0 Å². The van der Waals surface area contributed by atoms with Gasteiger partial charge in [0.2, 0.25) is 0 Å². The van der Waals surface area contributed by atoms with Crippen molar-refractivity contribution < 1.29 is 19.0 Å². The van der Waals surface area contributed by atoms with E-state index in [1.54, 1.807) is 13.3 Å². The number of hydrogen-bond acceptors (Lipinski definition) is 5. The molecule has 3 aromatic rings. The predicted molar refractivity (Wildman–Crippen MR) is 115 cm³/mol. The van der Waals surface area contributed by atoms with Gasteiger partial charge in [0.05, 0.1) is 26.4 Å². The highest BCUT2D eigenvalue weighted by atomic mass is 16.6. The van der Waals surface area contributed by atoms with Crippen molar-refractivity contribution in [2.75, 3.05) is 33.4 Å². The minimum absolute atomic E-state index is 0.000684. The first-order valence-electron chi connectivity index (χ1n) is 10.5. The number of amides is 1. The fraction of sp³-hybridized carbons (Fsp3) is 0.333. The molecule has 3 heterocycles. The molecular formula is C24H25N3O4.